The number of hydrogen-bond acceptors (Lipinski definition) is 2. The van der Waals surface area contributed by atoms with Crippen LogP contribution in [0.5, 0.6) is 11.5 Å². The third-order valence-electron chi connectivity index (χ3n) is 3.88. The first kappa shape index (κ1) is 18.0. The van der Waals surface area contributed by atoms with Gasteiger partial charge in [-0.3, -0.25) is 0 Å². The molecule has 0 aliphatic carbocycles. The summed E-state index contributed by atoms with van der Waals surface area (Å²) in [6, 6.07) is 2.11. The normalized spacial score (nSPS) is 12.2. The number of aryl methyl sites for hydroxylation is 1. The van der Waals surface area contributed by atoms with Crippen LogP contribution in [0.3, 0.4) is 0 Å². The molecular weight excluding hydrogens is 251 g/mol. The van der Waals surface area contributed by atoms with Crippen LogP contribution in [0, 0.1) is 13.8 Å². The molecule has 0 unspecified atom stereocenters. The minimum absolute atomic E-state index is 0. The fourth-order valence-corrected chi connectivity index (χ4v) is 3.01. The molecule has 0 saturated heterocycles. The van der Waals surface area contributed by atoms with Crippen molar-refractivity contribution in [2.24, 2.45) is 0 Å². The smallest absolute Gasteiger partial charge is 0.599 e. The van der Waals surface area contributed by atoms with Crippen LogP contribution in [0.2, 0.25) is 18.1 Å². The zero-order valence-corrected chi connectivity index (χ0v) is 16.4. The fraction of sp³-hybridized carbons (Fsp3) is 0.615. The average Bonchev–Trinajstić information content (AvgIpc) is 2.39. The maximum Gasteiger partial charge on any atom is 1.00 e. The first-order valence-corrected chi connectivity index (χ1v) is 9.82. The van der Waals surface area contributed by atoms with Crippen molar-refractivity contribution in [3.05, 3.63) is 17.2 Å². The van der Waals surface area contributed by atoms with E-state index in [1.54, 1.807) is 0 Å². The fourth-order valence-electron chi connectivity index (χ4n) is 1.49. The van der Waals surface area contributed by atoms with Crippen molar-refractivity contribution >= 4 is 18.8 Å². The summed E-state index contributed by atoms with van der Waals surface area (Å²) in [7, 11) is -1.06. The van der Waals surface area contributed by atoms with E-state index in [9.17, 15) is 0 Å². The Morgan fingerprint density at radius 2 is 1.72 bits per heavy atom. The van der Waals surface area contributed by atoms with Crippen LogP contribution in [-0.2, 0) is 0 Å². The Morgan fingerprint density at radius 1 is 1.22 bits per heavy atom. The van der Waals surface area contributed by atoms with Gasteiger partial charge in [0.1, 0.15) is 0 Å². The Morgan fingerprint density at radius 3 is 2.11 bits per heavy atom. The summed E-state index contributed by atoms with van der Waals surface area (Å²) in [6.45, 7) is 15.5. The predicted octanol–water partition coefficient (Wildman–Crippen LogP) is 0.0695. The molecule has 1 aromatic rings. The summed E-state index contributed by atoms with van der Waals surface area (Å²) in [6.07, 6.45) is 0. The van der Waals surface area contributed by atoms with E-state index >= 15 is 0 Å². The zero-order chi connectivity index (χ0) is 13.4. The van der Waals surface area contributed by atoms with Crippen LogP contribution in [0.1, 0.15) is 31.9 Å². The van der Waals surface area contributed by atoms with Crippen molar-refractivity contribution in [3.63, 3.8) is 0 Å². The van der Waals surface area contributed by atoms with Gasteiger partial charge in [0.2, 0.25) is 18.8 Å². The van der Waals surface area contributed by atoms with E-state index in [-0.39, 0.29) is 23.9 Å². The maximum absolute atomic E-state index is 6.33. The predicted molar refractivity (Wildman–Crippen MR) is 79.9 cm³/mol. The van der Waals surface area contributed by atoms with Gasteiger partial charge in [0.15, 0.2) is 0 Å². The summed E-state index contributed by atoms with van der Waals surface area (Å²) >= 11 is 0. The molecule has 0 bridgehead atoms. The Hall–Kier alpha value is -0.0188. The number of rotatable bonds is 3. The molecule has 5 heteroatoms. The molecule has 0 aromatic heterocycles. The second kappa shape index (κ2) is 5.96. The van der Waals surface area contributed by atoms with E-state index in [0.29, 0.717) is 10.5 Å². The van der Waals surface area contributed by atoms with Gasteiger partial charge in [-0.25, -0.2) is 0 Å². The summed E-state index contributed by atoms with van der Waals surface area (Å²) < 4.78 is 11.9. The molecule has 0 radical (unpaired) electrons. The molecule has 0 heterocycles. The van der Waals surface area contributed by atoms with Crippen LogP contribution in [0.25, 0.3) is 0 Å². The molecule has 1 aromatic carbocycles. The molecule has 0 atom stereocenters. The van der Waals surface area contributed by atoms with Gasteiger partial charge in [0.25, 0.3) is 0 Å². The molecule has 0 saturated carbocycles. The van der Waals surface area contributed by atoms with Gasteiger partial charge in [-0.05, 0) is 18.1 Å². The van der Waals surface area contributed by atoms with Gasteiger partial charge in [0, 0.05) is 11.5 Å². The van der Waals surface area contributed by atoms with Gasteiger partial charge >= 0.3 is 18.9 Å². The van der Waals surface area contributed by atoms with E-state index in [1.807, 2.05) is 0 Å². The third kappa shape index (κ3) is 3.51. The Kier molecular flexibility index (Phi) is 5.95. The third-order valence-corrected chi connectivity index (χ3v) is 8.63. The topological polar surface area (TPSA) is 18.5 Å². The minimum atomic E-state index is -1.77. The summed E-state index contributed by atoms with van der Waals surface area (Å²) in [5.74, 6) is 1.90. The second-order valence-electron chi connectivity index (χ2n) is 6.21. The van der Waals surface area contributed by atoms with Crippen molar-refractivity contribution in [1.29, 1.82) is 0 Å². The van der Waals surface area contributed by atoms with Crippen molar-refractivity contribution in [2.75, 3.05) is 0 Å². The van der Waals surface area contributed by atoms with Gasteiger partial charge in [-0.1, -0.05) is 34.6 Å². The van der Waals surface area contributed by atoms with E-state index in [1.165, 1.54) is 11.1 Å². The molecule has 0 aliphatic heterocycles. The minimum Gasteiger partial charge on any atom is -0.599 e. The molecule has 0 N–H and O–H groups in total. The molecular formula is C13H25LiO2Si2. The van der Waals surface area contributed by atoms with E-state index in [2.05, 4.69) is 53.8 Å². The first-order chi connectivity index (χ1) is 7.60. The molecule has 1 rings (SSSR count). The Bertz CT molecular complexity index is 406. The number of hydrogen-bond donors (Lipinski definition) is 0. The van der Waals surface area contributed by atoms with Gasteiger partial charge in [-0.15, -0.1) is 6.07 Å². The molecule has 0 spiro atoms. The monoisotopic (exact) mass is 276 g/mol. The molecule has 0 fully saturated rings. The maximum atomic E-state index is 6.33. The summed E-state index contributed by atoms with van der Waals surface area (Å²) in [5, 5.41) is 0.217. The standard InChI is InChI=1S/C13H25O2Si2.Li/c1-9-8-11(12(14-16)10(9)2)15-17(6,7)13(3,4)5;/h8H,1-7,16H3;/q-1;+1. The van der Waals surface area contributed by atoms with Gasteiger partial charge < -0.3 is 8.85 Å². The first-order valence-electron chi connectivity index (χ1n) is 6.10. The zero-order valence-electron chi connectivity index (χ0n) is 13.4. The van der Waals surface area contributed by atoms with Crippen LogP contribution < -0.4 is 27.7 Å². The summed E-state index contributed by atoms with van der Waals surface area (Å²) in [5.41, 5.74) is 2.47. The van der Waals surface area contributed by atoms with E-state index < -0.39 is 8.32 Å². The van der Waals surface area contributed by atoms with Crippen LogP contribution in [0.4, 0.5) is 0 Å². The Balaban J connectivity index is 0.00000289. The van der Waals surface area contributed by atoms with Crippen molar-refractivity contribution in [1.82, 2.24) is 0 Å². The van der Waals surface area contributed by atoms with Crippen molar-refractivity contribution in [2.45, 2.75) is 52.8 Å². The molecule has 18 heavy (non-hydrogen) atoms. The van der Waals surface area contributed by atoms with Crippen LogP contribution in [-0.4, -0.2) is 18.8 Å². The SMILES string of the molecule is Cc1c[c-](O[Si](C)(C)C(C)(C)C)c(O[SiH3])c1C.[Li+]. The second-order valence-corrected chi connectivity index (χ2v) is 11.3. The molecule has 98 valence electrons. The van der Waals surface area contributed by atoms with E-state index in [4.69, 9.17) is 8.85 Å². The van der Waals surface area contributed by atoms with Gasteiger partial charge in [0.05, 0.1) is 0 Å². The Labute approximate surface area is 128 Å². The average molecular weight is 276 g/mol. The molecule has 0 aliphatic rings. The van der Waals surface area contributed by atoms with Crippen LogP contribution in [0.15, 0.2) is 6.07 Å². The quantitative estimate of drug-likeness (QED) is 0.575. The van der Waals surface area contributed by atoms with Crippen molar-refractivity contribution < 1.29 is 27.7 Å². The van der Waals surface area contributed by atoms with E-state index in [0.717, 1.165) is 11.5 Å². The molecule has 0 amide bonds. The van der Waals surface area contributed by atoms with Gasteiger partial charge in [-0.2, -0.15) is 11.1 Å². The summed E-state index contributed by atoms with van der Waals surface area (Å²) in [4.78, 5) is 0. The van der Waals surface area contributed by atoms with Crippen molar-refractivity contribution in [3.8, 4) is 11.5 Å². The van der Waals surface area contributed by atoms with Crippen LogP contribution >= 0.6 is 0 Å². The largest absolute Gasteiger partial charge is 1.00 e. The molecule has 2 nitrogen and oxygen atoms in total.